The molecule has 0 saturated carbocycles. The van der Waals surface area contributed by atoms with Gasteiger partial charge in [0.05, 0.1) is 0 Å². The van der Waals surface area contributed by atoms with E-state index in [2.05, 4.69) is 40.2 Å². The largest absolute Gasteiger partial charge is 0.299 e. The molecule has 1 aromatic heterocycles. The molecule has 2 aromatic rings. The third-order valence-electron chi connectivity index (χ3n) is 5.65. The Balaban J connectivity index is 1.40. The number of hydrogen-bond donors (Lipinski definition) is 0. The molecule has 0 amide bonds. The average Bonchev–Trinajstić information content (AvgIpc) is 2.84. The van der Waals surface area contributed by atoms with Crippen LogP contribution < -0.4 is 0 Å². The summed E-state index contributed by atoms with van der Waals surface area (Å²) >= 11 is 0. The quantitative estimate of drug-likeness (QED) is 0.843. The van der Waals surface area contributed by atoms with Gasteiger partial charge in [-0.1, -0.05) is 36.4 Å². The summed E-state index contributed by atoms with van der Waals surface area (Å²) in [6.45, 7) is 1.03. The Morgan fingerprint density at radius 2 is 1.71 bits per heavy atom. The molecule has 3 heteroatoms. The van der Waals surface area contributed by atoms with E-state index >= 15 is 0 Å². The number of aromatic nitrogens is 1. The van der Waals surface area contributed by atoms with E-state index in [-0.39, 0.29) is 5.92 Å². The van der Waals surface area contributed by atoms with Crippen LogP contribution in [0.1, 0.15) is 36.8 Å². The fraction of sp³-hybridized carbons (Fsp3) is 0.429. The summed E-state index contributed by atoms with van der Waals surface area (Å²) < 4.78 is 0. The fourth-order valence-electron chi connectivity index (χ4n) is 4.44. The van der Waals surface area contributed by atoms with Crippen molar-refractivity contribution in [3.63, 3.8) is 0 Å². The second-order valence-electron chi connectivity index (χ2n) is 7.22. The van der Waals surface area contributed by atoms with Gasteiger partial charge in [0.2, 0.25) is 0 Å². The highest BCUT2D eigenvalue weighted by atomic mass is 16.1. The number of hydrogen-bond acceptors (Lipinski definition) is 3. The van der Waals surface area contributed by atoms with E-state index in [4.69, 9.17) is 0 Å². The molecular formula is C21H24N2O. The van der Waals surface area contributed by atoms with Gasteiger partial charge in [-0.05, 0) is 42.9 Å². The van der Waals surface area contributed by atoms with Crippen LogP contribution in [-0.2, 0) is 17.8 Å². The van der Waals surface area contributed by atoms with E-state index in [0.29, 0.717) is 24.3 Å². The van der Waals surface area contributed by atoms with E-state index in [1.807, 2.05) is 18.3 Å². The van der Waals surface area contributed by atoms with Gasteiger partial charge in [-0.2, -0.15) is 0 Å². The number of piperidine rings is 1. The monoisotopic (exact) mass is 320 g/mol. The minimum atomic E-state index is 0.231. The van der Waals surface area contributed by atoms with Crippen LogP contribution in [0.5, 0.6) is 0 Å². The summed E-state index contributed by atoms with van der Waals surface area (Å²) in [5.74, 6) is 0.633. The summed E-state index contributed by atoms with van der Waals surface area (Å²) in [5, 5.41) is 0. The summed E-state index contributed by atoms with van der Waals surface area (Å²) in [4.78, 5) is 19.5. The smallest absolute Gasteiger partial charge is 0.140 e. The molecule has 2 aliphatic heterocycles. The molecule has 1 aromatic carbocycles. The zero-order valence-corrected chi connectivity index (χ0v) is 14.0. The maximum atomic E-state index is 12.7. The number of Topliss-reactive ketones (excluding diaryl/α,β-unsaturated/α-hetero) is 1. The molecule has 0 radical (unpaired) electrons. The van der Waals surface area contributed by atoms with Crippen molar-refractivity contribution >= 4 is 5.78 Å². The Hall–Kier alpha value is -2.00. The van der Waals surface area contributed by atoms with E-state index < -0.39 is 0 Å². The van der Waals surface area contributed by atoms with Crippen molar-refractivity contribution in [3.8, 4) is 0 Å². The highest BCUT2D eigenvalue weighted by Crippen LogP contribution is 2.40. The number of benzene rings is 1. The number of carbonyl (C=O) groups excluding carboxylic acids is 1. The zero-order valence-electron chi connectivity index (χ0n) is 14.0. The Kier molecular flexibility index (Phi) is 4.44. The second kappa shape index (κ2) is 6.86. The van der Waals surface area contributed by atoms with Crippen LogP contribution in [0.25, 0.3) is 0 Å². The maximum Gasteiger partial charge on any atom is 0.140 e. The molecule has 2 fully saturated rings. The first-order valence-corrected chi connectivity index (χ1v) is 9.01. The lowest BCUT2D eigenvalue weighted by molar-refractivity contribution is -0.124. The molecule has 3 nitrogen and oxygen atoms in total. The molecule has 4 rings (SSSR count). The van der Waals surface area contributed by atoms with Crippen LogP contribution in [0.3, 0.4) is 0 Å². The standard InChI is InChI=1S/C21H24N2O/c24-21(11-17-7-4-10-22-14-17)18-12-19-8-9-20(13-18)23(19)15-16-5-2-1-3-6-16/h1-7,10,14,18-20H,8-9,11-13,15H2. The van der Waals surface area contributed by atoms with Gasteiger partial charge in [0.15, 0.2) is 0 Å². The Morgan fingerprint density at radius 1 is 1.00 bits per heavy atom. The van der Waals surface area contributed by atoms with Crippen LogP contribution in [0, 0.1) is 5.92 Å². The van der Waals surface area contributed by atoms with Crippen molar-refractivity contribution in [2.45, 2.75) is 50.7 Å². The first-order chi connectivity index (χ1) is 11.8. The van der Waals surface area contributed by atoms with E-state index in [1.54, 1.807) is 6.20 Å². The predicted molar refractivity (Wildman–Crippen MR) is 94.5 cm³/mol. The number of ketones is 1. The van der Waals surface area contributed by atoms with Crippen molar-refractivity contribution < 1.29 is 4.79 Å². The molecule has 24 heavy (non-hydrogen) atoms. The van der Waals surface area contributed by atoms with E-state index in [9.17, 15) is 4.79 Å². The number of nitrogens with zero attached hydrogens (tertiary/aromatic N) is 2. The number of carbonyl (C=O) groups is 1. The number of rotatable bonds is 5. The SMILES string of the molecule is O=C(Cc1cccnc1)C1CC2CCC(C1)N2Cc1ccccc1. The summed E-state index contributed by atoms with van der Waals surface area (Å²) in [6, 6.07) is 15.8. The van der Waals surface area contributed by atoms with Gasteiger partial charge in [0.25, 0.3) is 0 Å². The Morgan fingerprint density at radius 3 is 2.38 bits per heavy atom. The van der Waals surface area contributed by atoms with Gasteiger partial charge in [-0.3, -0.25) is 14.7 Å². The maximum absolute atomic E-state index is 12.7. The third kappa shape index (κ3) is 3.27. The molecule has 2 unspecified atom stereocenters. The Labute approximate surface area is 143 Å². The first kappa shape index (κ1) is 15.5. The van der Waals surface area contributed by atoms with Crippen LogP contribution in [-0.4, -0.2) is 27.8 Å². The average molecular weight is 320 g/mol. The molecule has 3 heterocycles. The lowest BCUT2D eigenvalue weighted by atomic mass is 9.85. The minimum absolute atomic E-state index is 0.231. The second-order valence-corrected chi connectivity index (χ2v) is 7.22. The van der Waals surface area contributed by atoms with Gasteiger partial charge in [0.1, 0.15) is 5.78 Å². The lowest BCUT2D eigenvalue weighted by Gasteiger charge is -2.38. The molecule has 0 N–H and O–H groups in total. The molecule has 2 bridgehead atoms. The number of fused-ring (bicyclic) bond motifs is 2. The predicted octanol–water partition coefficient (Wildman–Crippen LogP) is 3.64. The van der Waals surface area contributed by atoms with Crippen LogP contribution in [0.4, 0.5) is 0 Å². The third-order valence-corrected chi connectivity index (χ3v) is 5.65. The van der Waals surface area contributed by atoms with Crippen molar-refractivity contribution in [3.05, 3.63) is 66.0 Å². The lowest BCUT2D eigenvalue weighted by Crippen LogP contribution is -2.44. The molecule has 0 aliphatic carbocycles. The normalized spacial score (nSPS) is 26.4. The summed E-state index contributed by atoms with van der Waals surface area (Å²) in [6.07, 6.45) is 8.66. The van der Waals surface area contributed by atoms with Crippen LogP contribution in [0.15, 0.2) is 54.9 Å². The van der Waals surface area contributed by atoms with Crippen molar-refractivity contribution in [2.24, 2.45) is 5.92 Å². The topological polar surface area (TPSA) is 33.2 Å². The summed E-state index contributed by atoms with van der Waals surface area (Å²) in [7, 11) is 0. The zero-order chi connectivity index (χ0) is 16.4. The molecule has 2 atom stereocenters. The molecule has 124 valence electrons. The van der Waals surface area contributed by atoms with Gasteiger partial charge in [-0.25, -0.2) is 0 Å². The van der Waals surface area contributed by atoms with Gasteiger partial charge < -0.3 is 0 Å². The van der Waals surface area contributed by atoms with Crippen molar-refractivity contribution in [2.75, 3.05) is 0 Å². The van der Waals surface area contributed by atoms with Crippen LogP contribution in [0.2, 0.25) is 0 Å². The van der Waals surface area contributed by atoms with Crippen LogP contribution >= 0.6 is 0 Å². The van der Waals surface area contributed by atoms with Gasteiger partial charge in [-0.15, -0.1) is 0 Å². The minimum Gasteiger partial charge on any atom is -0.299 e. The fourth-order valence-corrected chi connectivity index (χ4v) is 4.44. The summed E-state index contributed by atoms with van der Waals surface area (Å²) in [5.41, 5.74) is 2.43. The molecular weight excluding hydrogens is 296 g/mol. The molecule has 0 spiro atoms. The van der Waals surface area contributed by atoms with E-state index in [1.165, 1.54) is 18.4 Å². The number of pyridine rings is 1. The molecule has 2 saturated heterocycles. The molecule has 2 aliphatic rings. The van der Waals surface area contributed by atoms with Crippen molar-refractivity contribution in [1.29, 1.82) is 0 Å². The highest BCUT2D eigenvalue weighted by molar-refractivity contribution is 5.83. The van der Waals surface area contributed by atoms with Gasteiger partial charge in [0, 0.05) is 43.4 Å². The highest BCUT2D eigenvalue weighted by Gasteiger charge is 2.42. The Bertz CT molecular complexity index is 671. The van der Waals surface area contributed by atoms with Crippen molar-refractivity contribution in [1.82, 2.24) is 9.88 Å². The van der Waals surface area contributed by atoms with E-state index in [0.717, 1.165) is 24.9 Å². The first-order valence-electron chi connectivity index (χ1n) is 9.01. The van der Waals surface area contributed by atoms with Gasteiger partial charge >= 0.3 is 0 Å².